The lowest BCUT2D eigenvalue weighted by atomic mass is 10.1. The van der Waals surface area contributed by atoms with Crippen LogP contribution in [-0.2, 0) is 25.9 Å². The van der Waals surface area contributed by atoms with Crippen LogP contribution in [0.25, 0.3) is 5.69 Å². The van der Waals surface area contributed by atoms with E-state index in [1.807, 2.05) is 47.1 Å². The molecule has 4 rings (SSSR count). The molecular weight excluding hydrogens is 348 g/mol. The number of hydrogen-bond donors (Lipinski definition) is 1. The van der Waals surface area contributed by atoms with Crippen molar-refractivity contribution >= 4 is 5.91 Å². The minimum Gasteiger partial charge on any atom is -0.347 e. The van der Waals surface area contributed by atoms with Crippen molar-refractivity contribution in [2.24, 2.45) is 0 Å². The van der Waals surface area contributed by atoms with Crippen molar-refractivity contribution in [1.29, 1.82) is 0 Å². The number of benzene rings is 2. The first-order chi connectivity index (χ1) is 13.6. The Hall–Kier alpha value is -2.92. The van der Waals surface area contributed by atoms with E-state index in [4.69, 9.17) is 0 Å². The van der Waals surface area contributed by atoms with Crippen LogP contribution >= 0.6 is 0 Å². The van der Waals surface area contributed by atoms with Crippen molar-refractivity contribution in [2.75, 3.05) is 14.1 Å². The molecule has 1 amide bonds. The maximum Gasteiger partial charge on any atom is 0.272 e. The van der Waals surface area contributed by atoms with Crippen LogP contribution in [0.2, 0.25) is 0 Å². The van der Waals surface area contributed by atoms with Crippen LogP contribution in [0.4, 0.5) is 0 Å². The number of fused-ring (bicyclic) bond motifs is 1. The zero-order valence-corrected chi connectivity index (χ0v) is 16.5. The smallest absolute Gasteiger partial charge is 0.272 e. The summed E-state index contributed by atoms with van der Waals surface area (Å²) < 4.78 is 1.94. The van der Waals surface area contributed by atoms with Gasteiger partial charge in [-0.25, -0.2) is 4.68 Å². The molecule has 5 heteroatoms. The summed E-state index contributed by atoms with van der Waals surface area (Å²) in [5.41, 5.74) is 6.22. The molecular formula is C23H26N4O. The van der Waals surface area contributed by atoms with Gasteiger partial charge in [-0.1, -0.05) is 42.5 Å². The molecule has 0 saturated heterocycles. The second-order valence-electron chi connectivity index (χ2n) is 7.56. The van der Waals surface area contributed by atoms with E-state index < -0.39 is 0 Å². The van der Waals surface area contributed by atoms with E-state index in [0.29, 0.717) is 12.2 Å². The average Bonchev–Trinajstić information content (AvgIpc) is 3.30. The summed E-state index contributed by atoms with van der Waals surface area (Å²) >= 11 is 0. The number of carbonyl (C=O) groups is 1. The van der Waals surface area contributed by atoms with E-state index >= 15 is 0 Å². The maximum atomic E-state index is 13.0. The van der Waals surface area contributed by atoms with Gasteiger partial charge in [-0.05, 0) is 56.6 Å². The largest absolute Gasteiger partial charge is 0.347 e. The van der Waals surface area contributed by atoms with Gasteiger partial charge in [0.1, 0.15) is 0 Å². The molecule has 3 aromatic rings. The van der Waals surface area contributed by atoms with Gasteiger partial charge < -0.3 is 10.2 Å². The van der Waals surface area contributed by atoms with Crippen molar-refractivity contribution in [3.8, 4) is 5.69 Å². The van der Waals surface area contributed by atoms with Gasteiger partial charge in [-0.15, -0.1) is 0 Å². The molecule has 28 heavy (non-hydrogen) atoms. The lowest BCUT2D eigenvalue weighted by Gasteiger charge is -2.14. The van der Waals surface area contributed by atoms with E-state index in [0.717, 1.165) is 42.6 Å². The quantitative estimate of drug-likeness (QED) is 0.720. The van der Waals surface area contributed by atoms with Crippen LogP contribution in [0.3, 0.4) is 0 Å². The fourth-order valence-corrected chi connectivity index (χ4v) is 3.89. The van der Waals surface area contributed by atoms with E-state index in [9.17, 15) is 4.79 Å². The van der Waals surface area contributed by atoms with E-state index in [1.54, 1.807) is 0 Å². The van der Waals surface area contributed by atoms with Gasteiger partial charge in [0.15, 0.2) is 5.69 Å². The Morgan fingerprint density at radius 1 is 1.04 bits per heavy atom. The minimum atomic E-state index is -0.0903. The topological polar surface area (TPSA) is 50.2 Å². The molecule has 0 bridgehead atoms. The Morgan fingerprint density at radius 2 is 1.75 bits per heavy atom. The minimum absolute atomic E-state index is 0.0903. The number of carbonyl (C=O) groups excluding carboxylic acids is 1. The SMILES string of the molecule is CN(C)Cc1ccccc1CNC(=O)c1nn(-c2ccccc2)c2c1CCC2. The fourth-order valence-electron chi connectivity index (χ4n) is 3.89. The summed E-state index contributed by atoms with van der Waals surface area (Å²) in [4.78, 5) is 15.1. The Balaban J connectivity index is 1.56. The molecule has 0 unspecified atom stereocenters. The molecule has 2 aromatic carbocycles. The standard InChI is InChI=1S/C23H26N4O/c1-26(2)16-18-10-7-6-9-17(18)15-24-23(28)22-20-13-8-14-21(20)27(25-22)19-11-4-3-5-12-19/h3-7,9-12H,8,13-16H2,1-2H3,(H,24,28). The summed E-state index contributed by atoms with van der Waals surface area (Å²) in [6, 6.07) is 18.3. The molecule has 144 valence electrons. The summed E-state index contributed by atoms with van der Waals surface area (Å²) in [5, 5.41) is 7.77. The Morgan fingerprint density at radius 3 is 2.50 bits per heavy atom. The lowest BCUT2D eigenvalue weighted by molar-refractivity contribution is 0.0944. The Kier molecular flexibility index (Phi) is 5.26. The molecule has 5 nitrogen and oxygen atoms in total. The van der Waals surface area contributed by atoms with Crippen molar-refractivity contribution in [3.05, 3.63) is 82.7 Å². The number of nitrogens with zero attached hydrogens (tertiary/aromatic N) is 3. The highest BCUT2D eigenvalue weighted by molar-refractivity contribution is 5.94. The van der Waals surface area contributed by atoms with Crippen LogP contribution in [0, 0.1) is 0 Å². The van der Waals surface area contributed by atoms with Gasteiger partial charge in [-0.3, -0.25) is 4.79 Å². The highest BCUT2D eigenvalue weighted by Crippen LogP contribution is 2.27. The molecule has 1 aromatic heterocycles. The maximum absolute atomic E-state index is 13.0. The van der Waals surface area contributed by atoms with Gasteiger partial charge >= 0.3 is 0 Å². The molecule has 0 fully saturated rings. The number of para-hydroxylation sites is 1. The molecule has 0 radical (unpaired) electrons. The van der Waals surface area contributed by atoms with Gasteiger partial charge in [0.25, 0.3) is 5.91 Å². The molecule has 1 N–H and O–H groups in total. The van der Waals surface area contributed by atoms with Crippen LogP contribution in [0.1, 0.15) is 39.3 Å². The molecule has 0 atom stereocenters. The molecule has 0 saturated carbocycles. The van der Waals surface area contributed by atoms with Crippen molar-refractivity contribution < 1.29 is 4.79 Å². The zero-order valence-electron chi connectivity index (χ0n) is 16.5. The first-order valence-corrected chi connectivity index (χ1v) is 9.79. The third-order valence-corrected chi connectivity index (χ3v) is 5.19. The number of rotatable bonds is 6. The monoisotopic (exact) mass is 374 g/mol. The molecule has 1 heterocycles. The molecule has 1 aliphatic rings. The first kappa shape index (κ1) is 18.4. The lowest BCUT2D eigenvalue weighted by Crippen LogP contribution is -2.25. The summed E-state index contributed by atoms with van der Waals surface area (Å²) in [7, 11) is 4.10. The number of amides is 1. The molecule has 0 aliphatic heterocycles. The second-order valence-corrected chi connectivity index (χ2v) is 7.56. The number of hydrogen-bond acceptors (Lipinski definition) is 3. The van der Waals surface area contributed by atoms with Crippen LogP contribution in [0.15, 0.2) is 54.6 Å². The highest BCUT2D eigenvalue weighted by atomic mass is 16.1. The highest BCUT2D eigenvalue weighted by Gasteiger charge is 2.26. The summed E-state index contributed by atoms with van der Waals surface area (Å²) in [5.74, 6) is -0.0903. The third-order valence-electron chi connectivity index (χ3n) is 5.19. The van der Waals surface area contributed by atoms with Crippen molar-refractivity contribution in [2.45, 2.75) is 32.4 Å². The average molecular weight is 374 g/mol. The van der Waals surface area contributed by atoms with Gasteiger partial charge in [0.05, 0.1) is 5.69 Å². The Bertz CT molecular complexity index is 976. The first-order valence-electron chi connectivity index (χ1n) is 9.79. The predicted molar refractivity (Wildman–Crippen MR) is 111 cm³/mol. The number of aromatic nitrogens is 2. The zero-order chi connectivity index (χ0) is 19.5. The summed E-state index contributed by atoms with van der Waals surface area (Å²) in [6.45, 7) is 1.36. The van der Waals surface area contributed by atoms with Crippen LogP contribution in [0.5, 0.6) is 0 Å². The van der Waals surface area contributed by atoms with E-state index in [-0.39, 0.29) is 5.91 Å². The second kappa shape index (κ2) is 7.98. The van der Waals surface area contributed by atoms with Crippen molar-refractivity contribution in [1.82, 2.24) is 20.0 Å². The third kappa shape index (κ3) is 3.71. The molecule has 0 spiro atoms. The predicted octanol–water partition coefficient (Wildman–Crippen LogP) is 3.35. The van der Waals surface area contributed by atoms with Crippen LogP contribution in [-0.4, -0.2) is 34.7 Å². The fraction of sp³-hybridized carbons (Fsp3) is 0.304. The van der Waals surface area contributed by atoms with Gasteiger partial charge in [0, 0.05) is 24.3 Å². The molecule has 1 aliphatic carbocycles. The van der Waals surface area contributed by atoms with E-state index in [2.05, 4.69) is 41.5 Å². The normalized spacial score (nSPS) is 13.0. The van der Waals surface area contributed by atoms with Crippen molar-refractivity contribution in [3.63, 3.8) is 0 Å². The van der Waals surface area contributed by atoms with Crippen LogP contribution < -0.4 is 5.32 Å². The number of nitrogens with one attached hydrogen (secondary N) is 1. The summed E-state index contributed by atoms with van der Waals surface area (Å²) in [6.07, 6.45) is 2.96. The van der Waals surface area contributed by atoms with Gasteiger partial charge in [0.2, 0.25) is 0 Å². The van der Waals surface area contributed by atoms with Gasteiger partial charge in [-0.2, -0.15) is 5.10 Å². The van der Waals surface area contributed by atoms with E-state index in [1.165, 1.54) is 11.3 Å². The Labute approximate surface area is 166 Å².